The molecule has 0 aromatic heterocycles. The molecule has 3 nitrogen and oxygen atoms in total. The zero-order chi connectivity index (χ0) is 29.7. The number of aromatic hydroxyl groups is 1. The minimum atomic E-state index is -0.626. The summed E-state index contributed by atoms with van der Waals surface area (Å²) in [6.07, 6.45) is 12.2. The van der Waals surface area contributed by atoms with E-state index < -0.39 is 5.82 Å². The van der Waals surface area contributed by atoms with Gasteiger partial charge in [0.15, 0.2) is 11.6 Å². The Morgan fingerprint density at radius 3 is 2.34 bits per heavy atom. The molecule has 0 radical (unpaired) electrons. The van der Waals surface area contributed by atoms with E-state index in [-0.39, 0.29) is 11.3 Å². The molecule has 1 unspecified atom stereocenters. The predicted molar refractivity (Wildman–Crippen MR) is 174 cm³/mol. The van der Waals surface area contributed by atoms with Crippen LogP contribution < -0.4 is 10.6 Å². The Kier molecular flexibility index (Phi) is 12.9. The molecule has 1 aliphatic rings. The number of anilines is 1. The van der Waals surface area contributed by atoms with Crippen LogP contribution in [0.1, 0.15) is 96.6 Å². The Labute approximate surface area is 248 Å². The molecule has 3 N–H and O–H groups in total. The summed E-state index contributed by atoms with van der Waals surface area (Å²) in [6, 6.07) is 22.2. The second-order valence-corrected chi connectivity index (χ2v) is 11.3. The maximum atomic E-state index is 13.5. The van der Waals surface area contributed by atoms with E-state index in [0.717, 1.165) is 37.3 Å². The second kappa shape index (κ2) is 16.4. The molecular weight excluding hydrogens is 507 g/mol. The lowest BCUT2D eigenvalue weighted by atomic mass is 9.79. The van der Waals surface area contributed by atoms with E-state index in [1.54, 1.807) is 6.07 Å². The molecule has 0 heterocycles. The van der Waals surface area contributed by atoms with Gasteiger partial charge in [0.2, 0.25) is 0 Å². The Morgan fingerprint density at radius 1 is 0.951 bits per heavy atom. The first-order valence-corrected chi connectivity index (χ1v) is 15.8. The van der Waals surface area contributed by atoms with Gasteiger partial charge in [0.1, 0.15) is 0 Å². The highest BCUT2D eigenvalue weighted by Crippen LogP contribution is 2.37. The smallest absolute Gasteiger partial charge is 0.164 e. The van der Waals surface area contributed by atoms with Crippen LogP contribution in [0.3, 0.4) is 0 Å². The first kappa shape index (κ1) is 32.4. The molecule has 0 aliphatic heterocycles. The summed E-state index contributed by atoms with van der Waals surface area (Å²) in [6.45, 7) is 13.2. The van der Waals surface area contributed by atoms with Gasteiger partial charge >= 0.3 is 0 Å². The highest BCUT2D eigenvalue weighted by Gasteiger charge is 2.31. The van der Waals surface area contributed by atoms with Crippen molar-refractivity contribution < 1.29 is 9.50 Å². The summed E-state index contributed by atoms with van der Waals surface area (Å²) >= 11 is 0. The van der Waals surface area contributed by atoms with Crippen LogP contribution in [0, 0.1) is 11.7 Å². The Morgan fingerprint density at radius 2 is 1.68 bits per heavy atom. The zero-order valence-electron chi connectivity index (χ0n) is 25.7. The molecular formula is C37H51FN2O. The van der Waals surface area contributed by atoms with Crippen LogP contribution >= 0.6 is 0 Å². The van der Waals surface area contributed by atoms with Crippen LogP contribution in [0.15, 0.2) is 79.0 Å². The fourth-order valence-electron chi connectivity index (χ4n) is 6.18. The highest BCUT2D eigenvalue weighted by molar-refractivity contribution is 5.64. The van der Waals surface area contributed by atoms with Crippen molar-refractivity contribution in [2.24, 2.45) is 5.92 Å². The number of aryl methyl sites for hydroxylation is 1. The molecule has 1 fully saturated rings. The van der Waals surface area contributed by atoms with Gasteiger partial charge in [-0.25, -0.2) is 4.39 Å². The third-order valence-corrected chi connectivity index (χ3v) is 8.38. The predicted octanol–water partition coefficient (Wildman–Crippen LogP) is 10.4. The first-order valence-electron chi connectivity index (χ1n) is 15.8. The molecule has 0 amide bonds. The van der Waals surface area contributed by atoms with Crippen LogP contribution in [-0.2, 0) is 12.0 Å². The minimum absolute atomic E-state index is 0.160. The molecule has 1 saturated carbocycles. The fraction of sp³-hybridized carbons (Fsp3) is 0.459. The summed E-state index contributed by atoms with van der Waals surface area (Å²) in [7, 11) is 0. The van der Waals surface area contributed by atoms with Gasteiger partial charge < -0.3 is 15.7 Å². The number of nitrogens with one attached hydrogen (secondary N) is 2. The number of phenolic OH excluding ortho intramolecular Hbond substituents is 1. The molecule has 1 atom stereocenters. The van der Waals surface area contributed by atoms with Crippen molar-refractivity contribution in [1.29, 1.82) is 0 Å². The molecule has 222 valence electrons. The largest absolute Gasteiger partial charge is 0.505 e. The lowest BCUT2D eigenvalue weighted by Gasteiger charge is -2.37. The molecule has 0 spiro atoms. The van der Waals surface area contributed by atoms with Gasteiger partial charge in [0, 0.05) is 29.5 Å². The van der Waals surface area contributed by atoms with Crippen molar-refractivity contribution >= 4 is 5.69 Å². The third-order valence-electron chi connectivity index (χ3n) is 8.38. The van der Waals surface area contributed by atoms with E-state index in [2.05, 4.69) is 79.6 Å². The number of benzene rings is 3. The van der Waals surface area contributed by atoms with Gasteiger partial charge in [0.25, 0.3) is 0 Å². The molecule has 3 aromatic carbocycles. The van der Waals surface area contributed by atoms with E-state index in [9.17, 15) is 9.50 Å². The van der Waals surface area contributed by atoms with Crippen molar-refractivity contribution in [3.63, 3.8) is 0 Å². The van der Waals surface area contributed by atoms with Gasteiger partial charge in [-0.05, 0) is 59.6 Å². The van der Waals surface area contributed by atoms with Crippen LogP contribution in [0.5, 0.6) is 5.75 Å². The van der Waals surface area contributed by atoms with Crippen molar-refractivity contribution in [1.82, 2.24) is 5.32 Å². The van der Waals surface area contributed by atoms with E-state index >= 15 is 0 Å². The van der Waals surface area contributed by atoms with E-state index in [1.165, 1.54) is 72.9 Å². The van der Waals surface area contributed by atoms with E-state index in [0.29, 0.717) is 12.2 Å². The molecule has 0 bridgehead atoms. The van der Waals surface area contributed by atoms with Gasteiger partial charge in [0.05, 0.1) is 0 Å². The minimum Gasteiger partial charge on any atom is -0.505 e. The zero-order valence-corrected chi connectivity index (χ0v) is 25.7. The number of hydrogen-bond donors (Lipinski definition) is 3. The molecule has 1 aliphatic carbocycles. The summed E-state index contributed by atoms with van der Waals surface area (Å²) in [5, 5.41) is 16.9. The Hall–Kier alpha value is -3.11. The van der Waals surface area contributed by atoms with E-state index in [4.69, 9.17) is 0 Å². The average Bonchev–Trinajstić information content (AvgIpc) is 3.52. The fourth-order valence-corrected chi connectivity index (χ4v) is 6.18. The lowest BCUT2D eigenvalue weighted by molar-refractivity contribution is 0.273. The Bertz CT molecular complexity index is 1220. The summed E-state index contributed by atoms with van der Waals surface area (Å²) in [5.41, 5.74) is 6.42. The lowest BCUT2D eigenvalue weighted by Crippen LogP contribution is -2.44. The normalized spacial score (nSPS) is 14.7. The van der Waals surface area contributed by atoms with Crippen LogP contribution in [-0.4, -0.2) is 11.7 Å². The van der Waals surface area contributed by atoms with Gasteiger partial charge in [-0.1, -0.05) is 128 Å². The molecule has 4 heteroatoms. The van der Waals surface area contributed by atoms with Crippen molar-refractivity contribution in [3.8, 4) is 16.9 Å². The van der Waals surface area contributed by atoms with Crippen molar-refractivity contribution in [2.45, 2.75) is 97.4 Å². The standard InChI is InChI=1S/C35H45FN2O.C2H6/c1-4-21-35(22-9-13-28-10-6-7-11-28,37-25-26(3)38-32-19-20-33(36)34(39)24-32)31-17-15-29(16-18-31)30-14-8-12-27(5-2)23-30;1-2/h8,12,14-20,23-24,28,37-39H,3-7,9-11,13,21-22,25H2,1-2H3;1-2H3. The number of halogens is 1. The maximum absolute atomic E-state index is 13.5. The van der Waals surface area contributed by atoms with E-state index in [1.807, 2.05) is 13.8 Å². The van der Waals surface area contributed by atoms with Crippen LogP contribution in [0.4, 0.5) is 10.1 Å². The Balaban J connectivity index is 0.00000226. The quantitative estimate of drug-likeness (QED) is 0.184. The molecule has 4 rings (SSSR count). The van der Waals surface area contributed by atoms with Gasteiger partial charge in [-0.2, -0.15) is 0 Å². The number of phenols is 1. The van der Waals surface area contributed by atoms with Crippen molar-refractivity contribution in [3.05, 3.63) is 96.0 Å². The molecule has 41 heavy (non-hydrogen) atoms. The average molecular weight is 559 g/mol. The summed E-state index contributed by atoms with van der Waals surface area (Å²) in [4.78, 5) is 0. The van der Waals surface area contributed by atoms with Crippen LogP contribution in [0.2, 0.25) is 0 Å². The first-order chi connectivity index (χ1) is 19.9. The maximum Gasteiger partial charge on any atom is 0.164 e. The highest BCUT2D eigenvalue weighted by atomic mass is 19.1. The topological polar surface area (TPSA) is 44.3 Å². The number of hydrogen-bond acceptors (Lipinski definition) is 3. The number of rotatable bonds is 14. The van der Waals surface area contributed by atoms with Gasteiger partial charge in [-0.15, -0.1) is 0 Å². The molecule has 0 saturated heterocycles. The van der Waals surface area contributed by atoms with Crippen molar-refractivity contribution in [2.75, 3.05) is 11.9 Å². The second-order valence-electron chi connectivity index (χ2n) is 11.3. The third kappa shape index (κ3) is 9.19. The monoisotopic (exact) mass is 558 g/mol. The molecule has 3 aromatic rings. The summed E-state index contributed by atoms with van der Waals surface area (Å²) < 4.78 is 13.5. The van der Waals surface area contributed by atoms with Crippen LogP contribution in [0.25, 0.3) is 11.1 Å². The summed E-state index contributed by atoms with van der Waals surface area (Å²) in [5.74, 6) is -0.115. The van der Waals surface area contributed by atoms with Gasteiger partial charge in [-0.3, -0.25) is 0 Å². The SMILES string of the molecule is C=C(CNC(CCC)(CCCC1CCCC1)c1ccc(-c2cccc(CC)c2)cc1)Nc1ccc(F)c(O)c1.CC.